The van der Waals surface area contributed by atoms with E-state index in [0.29, 0.717) is 31.4 Å². The number of methoxy groups -OCH3 is 2. The first-order chi connectivity index (χ1) is 20.4. The zero-order valence-electron chi connectivity index (χ0n) is 25.7. The number of piperazine rings is 2. The summed E-state index contributed by atoms with van der Waals surface area (Å²) < 4.78 is 17.2. The largest absolute Gasteiger partial charge is 0.481 e. The quantitative estimate of drug-likeness (QED) is 0.353. The summed E-state index contributed by atoms with van der Waals surface area (Å²) in [7, 11) is 3.18. The minimum absolute atomic E-state index is 0. The van der Waals surface area contributed by atoms with E-state index in [-0.39, 0.29) is 60.8 Å². The van der Waals surface area contributed by atoms with Crippen molar-refractivity contribution in [2.45, 2.75) is 44.5 Å². The summed E-state index contributed by atoms with van der Waals surface area (Å²) >= 11 is 0. The van der Waals surface area contributed by atoms with Gasteiger partial charge in [0, 0.05) is 57.3 Å². The fraction of sp³-hybridized carbons (Fsp3) is 0.469. The van der Waals surface area contributed by atoms with Crippen molar-refractivity contribution in [1.82, 2.24) is 24.7 Å². The molecular formula is C32H43Cl2N5O5. The molecule has 10 nitrogen and oxygen atoms in total. The maximum absolute atomic E-state index is 12.5. The molecule has 2 saturated heterocycles. The third kappa shape index (κ3) is 7.92. The van der Waals surface area contributed by atoms with Gasteiger partial charge in [0.2, 0.25) is 17.7 Å². The molecule has 44 heavy (non-hydrogen) atoms. The van der Waals surface area contributed by atoms with E-state index in [9.17, 15) is 9.90 Å². The van der Waals surface area contributed by atoms with Gasteiger partial charge in [-0.2, -0.15) is 9.97 Å². The lowest BCUT2D eigenvalue weighted by atomic mass is 9.81. The summed E-state index contributed by atoms with van der Waals surface area (Å²) in [5.74, 6) is 0.711. The molecule has 3 aromatic rings. The smallest absolute Gasteiger partial charge is 0.323 e. The summed E-state index contributed by atoms with van der Waals surface area (Å²) in [5.41, 5.74) is 3.24. The highest BCUT2D eigenvalue weighted by molar-refractivity contribution is 5.85. The number of nitrogens with zero attached hydrogens (tertiary/aromatic N) is 5. The Morgan fingerprint density at radius 1 is 0.886 bits per heavy atom. The number of aliphatic hydroxyl groups excluding tert-OH is 1. The normalized spacial score (nSPS) is 18.7. The summed E-state index contributed by atoms with van der Waals surface area (Å²) in [6, 6.07) is 21.7. The van der Waals surface area contributed by atoms with Crippen LogP contribution in [0.1, 0.15) is 36.5 Å². The monoisotopic (exact) mass is 647 g/mol. The van der Waals surface area contributed by atoms with Crippen LogP contribution in [0.4, 0.5) is 0 Å². The first kappa shape index (κ1) is 35.3. The van der Waals surface area contributed by atoms with Crippen molar-refractivity contribution in [3.63, 3.8) is 0 Å². The van der Waals surface area contributed by atoms with E-state index in [0.717, 1.165) is 25.2 Å². The van der Waals surface area contributed by atoms with Gasteiger partial charge >= 0.3 is 6.01 Å². The van der Waals surface area contributed by atoms with Crippen molar-refractivity contribution in [2.24, 2.45) is 0 Å². The minimum atomic E-state index is -0.479. The van der Waals surface area contributed by atoms with Gasteiger partial charge in [-0.25, -0.2) is 0 Å². The number of ether oxygens (including phenoxy) is 3. The van der Waals surface area contributed by atoms with Crippen LogP contribution < -0.4 is 14.2 Å². The van der Waals surface area contributed by atoms with Crippen molar-refractivity contribution in [1.29, 1.82) is 0 Å². The minimum Gasteiger partial charge on any atom is -0.481 e. The van der Waals surface area contributed by atoms with Crippen molar-refractivity contribution in [3.05, 3.63) is 77.4 Å². The lowest BCUT2D eigenvalue weighted by Crippen LogP contribution is -2.67. The van der Waals surface area contributed by atoms with Crippen LogP contribution in [-0.2, 0) is 11.3 Å². The average molecular weight is 649 g/mol. The molecule has 2 aliphatic rings. The number of hydrogen-bond donors (Lipinski definition) is 1. The van der Waals surface area contributed by atoms with Crippen LogP contribution in [0, 0.1) is 0 Å². The summed E-state index contributed by atoms with van der Waals surface area (Å²) in [6.07, 6.45) is -0.0946. The van der Waals surface area contributed by atoms with Crippen LogP contribution in [-0.4, -0.2) is 107 Å². The first-order valence-corrected chi connectivity index (χ1v) is 14.5. The molecule has 5 rings (SSSR count). The van der Waals surface area contributed by atoms with Gasteiger partial charge in [0.05, 0.1) is 25.9 Å². The molecule has 0 aliphatic carbocycles. The van der Waals surface area contributed by atoms with E-state index >= 15 is 0 Å². The summed E-state index contributed by atoms with van der Waals surface area (Å²) in [6.45, 7) is 7.23. The second kappa shape index (κ2) is 16.2. The fourth-order valence-electron chi connectivity index (χ4n) is 6.31. The summed E-state index contributed by atoms with van der Waals surface area (Å²) in [5, 5.41) is 9.59. The highest BCUT2D eigenvalue weighted by Crippen LogP contribution is 2.37. The van der Waals surface area contributed by atoms with E-state index in [1.165, 1.54) is 11.1 Å². The molecule has 2 fully saturated rings. The number of hydrogen-bond acceptors (Lipinski definition) is 9. The lowest BCUT2D eigenvalue weighted by molar-refractivity contribution is -0.139. The molecule has 0 unspecified atom stereocenters. The van der Waals surface area contributed by atoms with Gasteiger partial charge in [-0.3, -0.25) is 14.6 Å². The van der Waals surface area contributed by atoms with Crippen molar-refractivity contribution < 1.29 is 24.1 Å². The maximum atomic E-state index is 12.5. The Labute approximate surface area is 272 Å². The second-order valence-corrected chi connectivity index (χ2v) is 11.1. The second-order valence-electron chi connectivity index (χ2n) is 11.1. The van der Waals surface area contributed by atoms with Crippen LogP contribution >= 0.6 is 24.8 Å². The number of carbonyl (C=O) groups is 1. The third-order valence-electron chi connectivity index (χ3n) is 8.08. The summed E-state index contributed by atoms with van der Waals surface area (Å²) in [4.78, 5) is 28.3. The lowest BCUT2D eigenvalue weighted by Gasteiger charge is -2.53. The molecule has 0 radical (unpaired) electrons. The van der Waals surface area contributed by atoms with Crippen LogP contribution in [0.2, 0.25) is 0 Å². The molecule has 1 N–H and O–H groups in total. The van der Waals surface area contributed by atoms with Crippen molar-refractivity contribution in [3.8, 4) is 17.8 Å². The van der Waals surface area contributed by atoms with E-state index < -0.39 is 6.61 Å². The highest BCUT2D eigenvalue weighted by atomic mass is 35.5. The maximum Gasteiger partial charge on any atom is 0.323 e. The number of benzene rings is 2. The molecule has 1 amide bonds. The Hall–Kier alpha value is -3.15. The van der Waals surface area contributed by atoms with Gasteiger partial charge in [0.25, 0.3) is 0 Å². The molecule has 0 spiro atoms. The van der Waals surface area contributed by atoms with Gasteiger partial charge in [0.15, 0.2) is 0 Å². The van der Waals surface area contributed by atoms with Crippen LogP contribution in [0.5, 0.6) is 17.8 Å². The third-order valence-corrected chi connectivity index (χ3v) is 8.08. The first-order valence-electron chi connectivity index (χ1n) is 14.5. The van der Waals surface area contributed by atoms with Crippen molar-refractivity contribution in [2.75, 3.05) is 53.6 Å². The van der Waals surface area contributed by atoms with Gasteiger partial charge < -0.3 is 24.2 Å². The number of aromatic nitrogens is 2. The Morgan fingerprint density at radius 2 is 1.45 bits per heavy atom. The number of rotatable bonds is 10. The molecule has 2 aromatic carbocycles. The number of carbonyl (C=O) groups excluding carboxylic acids is 1. The number of halogens is 2. The zero-order valence-corrected chi connectivity index (χ0v) is 27.3. The van der Waals surface area contributed by atoms with E-state index in [1.807, 2.05) is 26.0 Å². The Morgan fingerprint density at radius 3 is 1.95 bits per heavy atom. The Balaban J connectivity index is 0.00000264. The molecule has 2 aliphatic heterocycles. The predicted molar refractivity (Wildman–Crippen MR) is 173 cm³/mol. The Bertz CT molecular complexity index is 1270. The van der Waals surface area contributed by atoms with Gasteiger partial charge in [-0.05, 0) is 25.0 Å². The van der Waals surface area contributed by atoms with E-state index in [4.69, 9.17) is 14.2 Å². The molecule has 0 saturated carbocycles. The topological polar surface area (TPSA) is 100 Å². The molecule has 12 heteroatoms. The van der Waals surface area contributed by atoms with Gasteiger partial charge in [0.1, 0.15) is 6.61 Å². The van der Waals surface area contributed by atoms with Crippen LogP contribution in [0.15, 0.2) is 60.7 Å². The molecule has 240 valence electrons. The average Bonchev–Trinajstić information content (AvgIpc) is 3.01. The molecule has 1 aromatic heterocycles. The molecular weight excluding hydrogens is 605 g/mol. The van der Waals surface area contributed by atoms with Crippen molar-refractivity contribution >= 4 is 30.7 Å². The molecule has 0 bridgehead atoms. The number of aliphatic hydroxyl groups is 1. The van der Waals surface area contributed by atoms with Crippen LogP contribution in [0.3, 0.4) is 0 Å². The standard InChI is InChI=1S/C32H41N5O5.2ClH/c1-22(2)42-32-33-30(40-3)26(31(34-32)41-4)19-35-17-25-18-36(28(39)21-38)15-16-37(25)27(20-35)29(23-11-7-5-8-12-23)24-13-9-6-10-14-24;;/h5-14,22,25,27,29,38H,15-21H2,1-4H3;2*1H/t25-,27+;;/m1../s1. The van der Waals surface area contributed by atoms with E-state index in [1.54, 1.807) is 19.1 Å². The predicted octanol–water partition coefficient (Wildman–Crippen LogP) is 3.65. The Kier molecular flexibility index (Phi) is 13.0. The van der Waals surface area contributed by atoms with Gasteiger partial charge in [-0.1, -0.05) is 60.7 Å². The SMILES string of the molecule is COc1nc(OC(C)C)nc(OC)c1CN1C[C@@H]2CN(C(=O)CO)CCN2[C@H](C(c2ccccc2)c2ccccc2)C1.Cl.Cl. The fourth-order valence-corrected chi connectivity index (χ4v) is 6.31. The van der Waals surface area contributed by atoms with Crippen LogP contribution in [0.25, 0.3) is 0 Å². The number of amides is 1. The molecule has 2 atom stereocenters. The zero-order chi connectivity index (χ0) is 29.6. The number of fused-ring (bicyclic) bond motifs is 1. The van der Waals surface area contributed by atoms with E-state index in [2.05, 4.69) is 68.3 Å². The highest BCUT2D eigenvalue weighted by Gasteiger charge is 2.43. The molecule has 3 heterocycles. The van der Waals surface area contributed by atoms with Gasteiger partial charge in [-0.15, -0.1) is 24.8 Å².